The fraction of sp³-hybridized carbons (Fsp3) is 0.474. The third-order valence-corrected chi connectivity index (χ3v) is 4.46. The number of Topliss-reactive ketones (excluding diaryl/α,β-unsaturated/α-hetero) is 2. The Balaban J connectivity index is 2.90. The highest BCUT2D eigenvalue weighted by molar-refractivity contribution is 6.25. The topological polar surface area (TPSA) is 154 Å². The van der Waals surface area contributed by atoms with Crippen LogP contribution in [-0.4, -0.2) is 51.4 Å². The lowest BCUT2D eigenvalue weighted by atomic mass is 9.73. The minimum absolute atomic E-state index is 0.187. The Morgan fingerprint density at radius 3 is 2.43 bits per heavy atom. The van der Waals surface area contributed by atoms with Crippen molar-refractivity contribution >= 4 is 35.4 Å². The predicted molar refractivity (Wildman–Crippen MR) is 98.4 cm³/mol. The Labute approximate surface area is 162 Å². The van der Waals surface area contributed by atoms with Crippen molar-refractivity contribution < 1.29 is 33.9 Å². The summed E-state index contributed by atoms with van der Waals surface area (Å²) in [7, 11) is 0. The first-order chi connectivity index (χ1) is 12.9. The molecule has 1 atom stereocenters. The summed E-state index contributed by atoms with van der Waals surface area (Å²) in [5.74, 6) is -3.16. The Hall–Kier alpha value is -3.19. The summed E-state index contributed by atoms with van der Waals surface area (Å²) in [4.78, 5) is 62.1. The van der Waals surface area contributed by atoms with E-state index in [9.17, 15) is 29.1 Å². The van der Waals surface area contributed by atoms with Gasteiger partial charge >= 0.3 is 12.2 Å². The molecule has 0 bridgehead atoms. The number of allylic oxidation sites excluding steroid dienone is 4. The third kappa shape index (κ3) is 5.65. The van der Waals surface area contributed by atoms with Crippen LogP contribution >= 0.6 is 0 Å². The van der Waals surface area contributed by atoms with Crippen molar-refractivity contribution in [3.63, 3.8) is 0 Å². The Morgan fingerprint density at radius 2 is 1.89 bits per heavy atom. The van der Waals surface area contributed by atoms with Gasteiger partial charge in [0.25, 0.3) is 0 Å². The predicted octanol–water partition coefficient (Wildman–Crippen LogP) is 1.04. The van der Waals surface area contributed by atoms with Crippen LogP contribution in [0.2, 0.25) is 0 Å². The molecule has 9 nitrogen and oxygen atoms in total. The van der Waals surface area contributed by atoms with E-state index in [1.165, 1.54) is 13.0 Å². The first-order valence-electron chi connectivity index (χ1n) is 8.61. The molecule has 0 spiro atoms. The summed E-state index contributed by atoms with van der Waals surface area (Å²) in [6, 6.07) is -1.32. The van der Waals surface area contributed by atoms with E-state index < -0.39 is 29.1 Å². The number of carbonyl (C=O) groups is 5. The van der Waals surface area contributed by atoms with Crippen LogP contribution in [0.5, 0.6) is 0 Å². The van der Waals surface area contributed by atoms with E-state index in [2.05, 4.69) is 10.1 Å². The van der Waals surface area contributed by atoms with Crippen molar-refractivity contribution in [2.45, 2.75) is 53.0 Å². The lowest BCUT2D eigenvalue weighted by Crippen LogP contribution is -2.43. The average molecular weight is 389 g/mol. The molecular formula is C19H23N3O6. The van der Waals surface area contributed by atoms with Gasteiger partial charge in [0.1, 0.15) is 6.04 Å². The molecule has 0 aromatic rings. The van der Waals surface area contributed by atoms with Gasteiger partial charge in [-0.3, -0.25) is 19.2 Å². The van der Waals surface area contributed by atoms with Gasteiger partial charge in [-0.15, -0.1) is 0 Å². The number of hydrogen-bond acceptors (Lipinski definition) is 5. The molecule has 0 saturated heterocycles. The monoisotopic (exact) mass is 389 g/mol. The van der Waals surface area contributed by atoms with Crippen molar-refractivity contribution in [3.05, 3.63) is 28.3 Å². The van der Waals surface area contributed by atoms with Crippen LogP contribution in [0.1, 0.15) is 47.0 Å². The van der Waals surface area contributed by atoms with Gasteiger partial charge in [0.15, 0.2) is 11.6 Å². The number of nitrogens with one attached hydrogen (secondary N) is 1. The number of nitrogens with zero attached hydrogens (tertiary/aromatic N) is 2. The number of rotatable bonds is 9. The zero-order chi connectivity index (χ0) is 21.6. The maximum absolute atomic E-state index is 12.4. The van der Waals surface area contributed by atoms with Crippen molar-refractivity contribution in [2.24, 2.45) is 5.41 Å². The highest BCUT2D eigenvalue weighted by atomic mass is 16.4. The van der Waals surface area contributed by atoms with E-state index in [-0.39, 0.29) is 42.0 Å². The van der Waals surface area contributed by atoms with E-state index in [1.54, 1.807) is 20.8 Å². The number of carboxylic acid groups (broad SMARTS) is 1. The summed E-state index contributed by atoms with van der Waals surface area (Å²) in [5.41, 5.74) is 8.11. The van der Waals surface area contributed by atoms with Gasteiger partial charge in [-0.05, 0) is 26.3 Å². The zero-order valence-corrected chi connectivity index (χ0v) is 16.2. The van der Waals surface area contributed by atoms with Gasteiger partial charge in [-0.25, -0.2) is 4.79 Å². The summed E-state index contributed by atoms with van der Waals surface area (Å²) < 4.78 is 0. The normalized spacial score (nSPS) is 15.5. The quantitative estimate of drug-likeness (QED) is 0.260. The van der Waals surface area contributed by atoms with Gasteiger partial charge in [0, 0.05) is 35.0 Å². The highest BCUT2D eigenvalue weighted by Crippen LogP contribution is 2.36. The Bertz CT molecular complexity index is 844. The van der Waals surface area contributed by atoms with Crippen LogP contribution in [0.25, 0.3) is 5.53 Å². The van der Waals surface area contributed by atoms with Crippen molar-refractivity contribution in [1.82, 2.24) is 5.32 Å². The fourth-order valence-corrected chi connectivity index (χ4v) is 3.18. The largest absolute Gasteiger partial charge is 0.480 e. The first-order valence-corrected chi connectivity index (χ1v) is 8.61. The number of ketones is 3. The average Bonchev–Trinajstić information content (AvgIpc) is 2.55. The second kappa shape index (κ2) is 9.14. The molecule has 0 fully saturated rings. The zero-order valence-electron chi connectivity index (χ0n) is 16.2. The maximum atomic E-state index is 12.4. The fourth-order valence-electron chi connectivity index (χ4n) is 3.18. The van der Waals surface area contributed by atoms with Gasteiger partial charge in [0.2, 0.25) is 11.7 Å². The molecule has 28 heavy (non-hydrogen) atoms. The van der Waals surface area contributed by atoms with E-state index in [0.29, 0.717) is 11.8 Å². The molecule has 0 radical (unpaired) electrons. The SMILES string of the molecule is CC1=CC(=O)C(C(C)(C)CC(=O)NC(CCC(=O)C=[N+]=[N-])C(=O)O)=C(C)C1=O. The molecule has 0 saturated carbocycles. The van der Waals surface area contributed by atoms with Crippen LogP contribution in [0, 0.1) is 5.41 Å². The van der Waals surface area contributed by atoms with Crippen molar-refractivity contribution in [1.29, 1.82) is 0 Å². The minimum atomic E-state index is -1.32. The van der Waals surface area contributed by atoms with Crippen molar-refractivity contribution in [3.8, 4) is 0 Å². The van der Waals surface area contributed by atoms with Gasteiger partial charge < -0.3 is 16.0 Å². The molecular weight excluding hydrogens is 366 g/mol. The molecule has 1 rings (SSSR count). The lowest BCUT2D eigenvalue weighted by Gasteiger charge is -2.30. The number of amides is 1. The lowest BCUT2D eigenvalue weighted by molar-refractivity contribution is -0.142. The van der Waals surface area contributed by atoms with E-state index in [4.69, 9.17) is 5.53 Å². The first kappa shape index (κ1) is 22.9. The van der Waals surface area contributed by atoms with Gasteiger partial charge in [-0.1, -0.05) is 13.8 Å². The summed E-state index contributed by atoms with van der Waals surface area (Å²) in [6.07, 6.45) is 1.25. The second-order valence-electron chi connectivity index (χ2n) is 7.29. The van der Waals surface area contributed by atoms with Crippen molar-refractivity contribution in [2.75, 3.05) is 0 Å². The maximum Gasteiger partial charge on any atom is 0.326 e. The van der Waals surface area contributed by atoms with E-state index in [1.807, 2.05) is 0 Å². The van der Waals surface area contributed by atoms with Crippen LogP contribution in [0.15, 0.2) is 22.8 Å². The third-order valence-electron chi connectivity index (χ3n) is 4.46. The molecule has 2 N–H and O–H groups in total. The molecule has 0 aromatic heterocycles. The van der Waals surface area contributed by atoms with Crippen LogP contribution in [0.4, 0.5) is 0 Å². The summed E-state index contributed by atoms with van der Waals surface area (Å²) in [5, 5.41) is 11.6. The van der Waals surface area contributed by atoms with Crippen LogP contribution in [-0.2, 0) is 24.0 Å². The Kier molecular flexibility index (Phi) is 7.46. The van der Waals surface area contributed by atoms with Gasteiger partial charge in [-0.2, -0.15) is 4.79 Å². The number of hydrogen-bond donors (Lipinski definition) is 2. The highest BCUT2D eigenvalue weighted by Gasteiger charge is 2.36. The summed E-state index contributed by atoms with van der Waals surface area (Å²) in [6.45, 7) is 6.32. The molecule has 1 unspecified atom stereocenters. The molecule has 9 heteroatoms. The molecule has 1 aliphatic rings. The minimum Gasteiger partial charge on any atom is -0.480 e. The second-order valence-corrected chi connectivity index (χ2v) is 7.29. The molecule has 1 amide bonds. The number of carboxylic acids is 1. The number of carbonyl (C=O) groups excluding carboxylic acids is 4. The molecule has 1 aliphatic carbocycles. The molecule has 0 heterocycles. The van der Waals surface area contributed by atoms with Crippen LogP contribution in [0.3, 0.4) is 0 Å². The smallest absolute Gasteiger partial charge is 0.326 e. The van der Waals surface area contributed by atoms with Crippen LogP contribution < -0.4 is 5.32 Å². The standard InChI is InChI=1S/C19H23N3O6/c1-10-7-14(24)16(11(2)17(10)26)19(3,4)8-15(25)22-13(18(27)28)6-5-12(23)9-21-20/h7,9,13H,5-6,8H2,1-4H3,(H,22,25)(H,27,28). The molecule has 0 aliphatic heterocycles. The molecule has 0 aromatic carbocycles. The van der Waals surface area contributed by atoms with E-state index >= 15 is 0 Å². The van der Waals surface area contributed by atoms with E-state index in [0.717, 1.165) is 0 Å². The summed E-state index contributed by atoms with van der Waals surface area (Å²) >= 11 is 0. The number of aliphatic carboxylic acids is 1. The van der Waals surface area contributed by atoms with Gasteiger partial charge in [0.05, 0.1) is 0 Å². The molecule has 150 valence electrons. The Morgan fingerprint density at radius 1 is 1.29 bits per heavy atom.